The maximum absolute atomic E-state index is 13.1. The molecule has 166 valence electrons. The highest BCUT2D eigenvalue weighted by atomic mass is 32.2. The fraction of sp³-hybridized carbons (Fsp3) is 0.500. The van der Waals surface area contributed by atoms with Crippen LogP contribution in [-0.4, -0.2) is 34.5 Å². The van der Waals surface area contributed by atoms with Crippen LogP contribution in [0.1, 0.15) is 38.5 Å². The van der Waals surface area contributed by atoms with E-state index in [0.717, 1.165) is 33.8 Å². The van der Waals surface area contributed by atoms with Gasteiger partial charge in [0.1, 0.15) is 0 Å². The number of carbonyl (C=O) groups is 3. The molecule has 1 aliphatic heterocycles. The zero-order chi connectivity index (χ0) is 21.8. The molecule has 6 nitrogen and oxygen atoms in total. The molecule has 2 aromatic rings. The van der Waals surface area contributed by atoms with Crippen LogP contribution in [0.25, 0.3) is 10.2 Å². The largest absolute Gasteiger partial charge is 0.353 e. The third-order valence-electron chi connectivity index (χ3n) is 7.38. The van der Waals surface area contributed by atoms with E-state index < -0.39 is 0 Å². The van der Waals surface area contributed by atoms with E-state index in [2.05, 4.69) is 22.5 Å². The Morgan fingerprint density at radius 1 is 1.09 bits per heavy atom. The number of allylic oxidation sites excluding steroid dienone is 2. The van der Waals surface area contributed by atoms with Gasteiger partial charge in [0.05, 0.1) is 33.5 Å². The first-order valence-electron chi connectivity index (χ1n) is 11.5. The van der Waals surface area contributed by atoms with Gasteiger partial charge in [0, 0.05) is 6.04 Å². The number of thioether (sulfide) groups is 1. The molecule has 3 fully saturated rings. The van der Waals surface area contributed by atoms with Crippen molar-refractivity contribution in [3.8, 4) is 0 Å². The molecule has 4 unspecified atom stereocenters. The molecule has 2 heterocycles. The van der Waals surface area contributed by atoms with Crippen LogP contribution in [0.4, 0.5) is 5.69 Å². The van der Waals surface area contributed by atoms with Gasteiger partial charge < -0.3 is 5.32 Å². The minimum Gasteiger partial charge on any atom is -0.353 e. The number of amides is 3. The lowest BCUT2D eigenvalue weighted by atomic mass is 9.85. The Bertz CT molecular complexity index is 1110. The highest BCUT2D eigenvalue weighted by molar-refractivity contribution is 8.01. The lowest BCUT2D eigenvalue weighted by Crippen LogP contribution is -2.37. The number of benzene rings is 1. The molecule has 0 radical (unpaired) electrons. The van der Waals surface area contributed by atoms with Crippen LogP contribution in [0.3, 0.4) is 0 Å². The molecule has 1 aromatic heterocycles. The molecule has 32 heavy (non-hydrogen) atoms. The van der Waals surface area contributed by atoms with Crippen molar-refractivity contribution in [1.82, 2.24) is 10.3 Å². The van der Waals surface area contributed by atoms with E-state index in [1.807, 2.05) is 18.2 Å². The van der Waals surface area contributed by atoms with Crippen molar-refractivity contribution in [2.75, 3.05) is 10.7 Å². The second-order valence-electron chi connectivity index (χ2n) is 9.33. The van der Waals surface area contributed by atoms with Gasteiger partial charge in [-0.2, -0.15) is 0 Å². The molecule has 2 saturated carbocycles. The van der Waals surface area contributed by atoms with Crippen LogP contribution in [0.5, 0.6) is 0 Å². The van der Waals surface area contributed by atoms with Gasteiger partial charge in [-0.15, -0.1) is 11.3 Å². The quantitative estimate of drug-likeness (QED) is 0.406. The van der Waals surface area contributed by atoms with E-state index in [9.17, 15) is 14.4 Å². The van der Waals surface area contributed by atoms with Gasteiger partial charge in [0.15, 0.2) is 4.34 Å². The Morgan fingerprint density at radius 2 is 1.81 bits per heavy atom. The summed E-state index contributed by atoms with van der Waals surface area (Å²) in [6, 6.07) is 5.90. The number of fused-ring (bicyclic) bond motifs is 6. The summed E-state index contributed by atoms with van der Waals surface area (Å²) in [6.07, 6.45) is 11.0. The minimum atomic E-state index is -0.191. The first-order valence-corrected chi connectivity index (χ1v) is 13.3. The smallest absolute Gasteiger partial charge is 0.238 e. The number of hydrogen-bond acceptors (Lipinski definition) is 6. The van der Waals surface area contributed by atoms with Crippen LogP contribution < -0.4 is 10.2 Å². The van der Waals surface area contributed by atoms with Crippen molar-refractivity contribution >= 4 is 56.7 Å². The van der Waals surface area contributed by atoms with E-state index in [-0.39, 0.29) is 41.4 Å². The van der Waals surface area contributed by atoms with Gasteiger partial charge in [-0.25, -0.2) is 9.88 Å². The summed E-state index contributed by atoms with van der Waals surface area (Å²) >= 11 is 2.95. The highest BCUT2D eigenvalue weighted by Crippen LogP contribution is 2.53. The minimum absolute atomic E-state index is 0.0601. The summed E-state index contributed by atoms with van der Waals surface area (Å²) in [5, 5.41) is 3.14. The SMILES string of the molecule is O=C(CSc1nc2ccc(N3C(=O)C4C5C=CC(C5)C4C3=O)cc2s1)NC1CCCCC1. The Morgan fingerprint density at radius 3 is 2.53 bits per heavy atom. The Kier molecular flexibility index (Phi) is 5.10. The second-order valence-corrected chi connectivity index (χ2v) is 11.6. The number of carbonyl (C=O) groups excluding carboxylic acids is 3. The van der Waals surface area contributed by atoms with E-state index >= 15 is 0 Å². The summed E-state index contributed by atoms with van der Waals surface area (Å²) in [6.45, 7) is 0. The molecular weight excluding hydrogens is 442 g/mol. The molecule has 0 spiro atoms. The Labute approximate surface area is 194 Å². The summed E-state index contributed by atoms with van der Waals surface area (Å²) in [4.78, 5) is 44.5. The standard InChI is InChI=1S/C24H25N3O3S2/c28-19(25-15-4-2-1-3-5-15)12-31-24-26-17-9-8-16(11-18(17)32-24)27-22(29)20-13-6-7-14(10-13)21(20)23(27)30/h6-9,11,13-15,20-21H,1-5,10,12H2,(H,25,28). The summed E-state index contributed by atoms with van der Waals surface area (Å²) in [7, 11) is 0. The third-order valence-corrected chi connectivity index (χ3v) is 9.54. The molecule has 2 bridgehead atoms. The van der Waals surface area contributed by atoms with Gasteiger partial charge in [-0.05, 0) is 49.3 Å². The highest BCUT2D eigenvalue weighted by Gasteiger charge is 2.59. The monoisotopic (exact) mass is 467 g/mol. The molecule has 3 aliphatic carbocycles. The predicted octanol–water partition coefficient (Wildman–Crippen LogP) is 4.15. The first kappa shape index (κ1) is 20.4. The number of rotatable bonds is 5. The molecule has 8 heteroatoms. The average molecular weight is 468 g/mol. The lowest BCUT2D eigenvalue weighted by Gasteiger charge is -2.22. The number of aromatic nitrogens is 1. The fourth-order valence-corrected chi connectivity index (χ4v) is 7.81. The topological polar surface area (TPSA) is 79.4 Å². The van der Waals surface area contributed by atoms with Crippen molar-refractivity contribution < 1.29 is 14.4 Å². The van der Waals surface area contributed by atoms with Gasteiger partial charge in [0.25, 0.3) is 0 Å². The lowest BCUT2D eigenvalue weighted by molar-refractivity contribution is -0.123. The molecule has 1 aromatic carbocycles. The Balaban J connectivity index is 1.15. The van der Waals surface area contributed by atoms with Gasteiger partial charge >= 0.3 is 0 Å². The normalized spacial score (nSPS) is 29.3. The van der Waals surface area contributed by atoms with Crippen molar-refractivity contribution in [2.45, 2.75) is 48.9 Å². The van der Waals surface area contributed by atoms with Gasteiger partial charge in [-0.1, -0.05) is 43.2 Å². The molecular formula is C24H25N3O3S2. The maximum atomic E-state index is 13.1. The number of nitrogens with one attached hydrogen (secondary N) is 1. The van der Waals surface area contributed by atoms with Crippen LogP contribution in [-0.2, 0) is 14.4 Å². The number of hydrogen-bond donors (Lipinski definition) is 1. The average Bonchev–Trinajstić information content (AvgIpc) is 3.55. The second kappa shape index (κ2) is 7.99. The van der Waals surface area contributed by atoms with Gasteiger partial charge in [-0.3, -0.25) is 14.4 Å². The first-order chi connectivity index (χ1) is 15.6. The number of imide groups is 1. The van der Waals surface area contributed by atoms with Gasteiger partial charge in [0.2, 0.25) is 17.7 Å². The molecule has 1 N–H and O–H groups in total. The zero-order valence-electron chi connectivity index (χ0n) is 17.7. The van der Waals surface area contributed by atoms with Crippen molar-refractivity contribution in [1.29, 1.82) is 0 Å². The van der Waals surface area contributed by atoms with E-state index in [4.69, 9.17) is 0 Å². The van der Waals surface area contributed by atoms with E-state index in [0.29, 0.717) is 17.5 Å². The Hall–Kier alpha value is -2.19. The molecule has 3 amide bonds. The maximum Gasteiger partial charge on any atom is 0.238 e. The predicted molar refractivity (Wildman–Crippen MR) is 126 cm³/mol. The molecule has 6 rings (SSSR count). The summed E-state index contributed by atoms with van der Waals surface area (Å²) in [5.74, 6) is 0.328. The van der Waals surface area contributed by atoms with Crippen molar-refractivity contribution in [3.63, 3.8) is 0 Å². The number of anilines is 1. The van der Waals surface area contributed by atoms with Crippen LogP contribution in [0.15, 0.2) is 34.7 Å². The molecule has 4 aliphatic rings. The summed E-state index contributed by atoms with van der Waals surface area (Å²) < 4.78 is 1.76. The van der Waals surface area contributed by atoms with Crippen LogP contribution in [0.2, 0.25) is 0 Å². The van der Waals surface area contributed by atoms with Crippen molar-refractivity contribution in [2.24, 2.45) is 23.7 Å². The molecule has 1 saturated heterocycles. The van der Waals surface area contributed by atoms with Crippen LogP contribution in [0, 0.1) is 23.7 Å². The van der Waals surface area contributed by atoms with Crippen LogP contribution >= 0.6 is 23.1 Å². The third kappa shape index (κ3) is 3.39. The fourth-order valence-electron chi connectivity index (χ4n) is 5.89. The zero-order valence-corrected chi connectivity index (χ0v) is 19.3. The van der Waals surface area contributed by atoms with E-state index in [1.165, 1.54) is 47.3 Å². The van der Waals surface area contributed by atoms with Crippen molar-refractivity contribution in [3.05, 3.63) is 30.4 Å². The van der Waals surface area contributed by atoms with E-state index in [1.54, 1.807) is 0 Å². The number of thiazole rings is 1. The number of nitrogens with zero attached hydrogens (tertiary/aromatic N) is 2. The molecule has 4 atom stereocenters. The summed E-state index contributed by atoms with van der Waals surface area (Å²) in [5.41, 5.74) is 1.46.